The van der Waals surface area contributed by atoms with Crippen LogP contribution in [0.4, 0.5) is 0 Å². The van der Waals surface area contributed by atoms with Crippen molar-refractivity contribution < 1.29 is 23.9 Å². The van der Waals surface area contributed by atoms with Crippen molar-refractivity contribution in [2.75, 3.05) is 13.2 Å². The summed E-state index contributed by atoms with van der Waals surface area (Å²) in [6.07, 6.45) is 25.9. The van der Waals surface area contributed by atoms with Crippen LogP contribution in [0.2, 0.25) is 0 Å². The van der Waals surface area contributed by atoms with Crippen molar-refractivity contribution in [1.29, 1.82) is 0 Å². The van der Waals surface area contributed by atoms with Crippen molar-refractivity contribution >= 4 is 17.8 Å². The van der Waals surface area contributed by atoms with E-state index in [2.05, 4.69) is 19.2 Å². The lowest BCUT2D eigenvalue weighted by atomic mass is 10.1. The van der Waals surface area contributed by atoms with Crippen molar-refractivity contribution in [3.8, 4) is 0 Å². The molecule has 0 saturated carbocycles. The molecule has 230 valence electrons. The smallest absolute Gasteiger partial charge is 0.328 e. The van der Waals surface area contributed by atoms with E-state index in [1.165, 1.54) is 96.3 Å². The number of unbranched alkanes of at least 4 members (excludes halogenated alkanes) is 18. The summed E-state index contributed by atoms with van der Waals surface area (Å²) >= 11 is 0. The average Bonchev–Trinajstić information content (AvgIpc) is 2.92. The minimum Gasteiger partial charge on any atom is -0.466 e. The zero-order chi connectivity index (χ0) is 28.8. The second kappa shape index (κ2) is 29.4. The van der Waals surface area contributed by atoms with E-state index in [4.69, 9.17) is 9.47 Å². The Hall–Kier alpha value is -1.59. The highest BCUT2D eigenvalue weighted by atomic mass is 16.5. The Labute approximate surface area is 241 Å². The van der Waals surface area contributed by atoms with Gasteiger partial charge in [-0.3, -0.25) is 9.59 Å². The first kappa shape index (κ1) is 37.4. The number of esters is 2. The Morgan fingerprint density at radius 2 is 0.923 bits per heavy atom. The van der Waals surface area contributed by atoms with E-state index in [-0.39, 0.29) is 24.7 Å². The lowest BCUT2D eigenvalue weighted by Gasteiger charge is -2.17. The number of rotatable bonds is 29. The van der Waals surface area contributed by atoms with E-state index in [1.54, 1.807) is 0 Å². The number of ether oxygens (including phenoxy) is 2. The van der Waals surface area contributed by atoms with Gasteiger partial charge in [0.05, 0.1) is 13.2 Å². The Morgan fingerprint density at radius 1 is 0.513 bits per heavy atom. The molecule has 0 aromatic carbocycles. The molecule has 6 nitrogen and oxygen atoms in total. The van der Waals surface area contributed by atoms with Gasteiger partial charge in [0, 0.05) is 12.8 Å². The lowest BCUT2D eigenvalue weighted by molar-refractivity contribution is -0.149. The third kappa shape index (κ3) is 26.4. The van der Waals surface area contributed by atoms with E-state index >= 15 is 0 Å². The molecule has 0 fully saturated rings. The summed E-state index contributed by atoms with van der Waals surface area (Å²) < 4.78 is 10.8. The predicted molar refractivity (Wildman–Crippen MR) is 162 cm³/mol. The molecule has 0 aromatic rings. The molecule has 1 amide bonds. The van der Waals surface area contributed by atoms with Crippen molar-refractivity contribution in [2.24, 2.45) is 0 Å². The first-order valence-electron chi connectivity index (χ1n) is 16.7. The summed E-state index contributed by atoms with van der Waals surface area (Å²) in [7, 11) is 0. The summed E-state index contributed by atoms with van der Waals surface area (Å²) in [6, 6.07) is -0.794. The van der Waals surface area contributed by atoms with E-state index in [0.29, 0.717) is 26.1 Å². The highest BCUT2D eigenvalue weighted by Gasteiger charge is 2.23. The number of amides is 1. The summed E-state index contributed by atoms with van der Waals surface area (Å²) in [5.41, 5.74) is 0. The SMILES string of the molecule is CCCCCCCCCCCCOC(=O)CC[C@H](NC(=O)CCC)C(=O)OCCCCCCCCCCCC. The Balaban J connectivity index is 4.03. The molecule has 0 aliphatic rings. The number of nitrogens with one attached hydrogen (secondary N) is 1. The predicted octanol–water partition coefficient (Wildman–Crippen LogP) is 8.98. The van der Waals surface area contributed by atoms with Crippen LogP contribution >= 0.6 is 0 Å². The first-order valence-corrected chi connectivity index (χ1v) is 16.7. The third-order valence-electron chi connectivity index (χ3n) is 7.24. The molecule has 0 aliphatic heterocycles. The average molecular weight is 554 g/mol. The Morgan fingerprint density at radius 3 is 1.36 bits per heavy atom. The monoisotopic (exact) mass is 553 g/mol. The molecule has 0 unspecified atom stereocenters. The van der Waals surface area contributed by atoms with Gasteiger partial charge in [-0.25, -0.2) is 4.79 Å². The van der Waals surface area contributed by atoms with Gasteiger partial charge in [0.2, 0.25) is 5.91 Å². The van der Waals surface area contributed by atoms with Crippen LogP contribution in [-0.4, -0.2) is 37.1 Å². The Kier molecular flexibility index (Phi) is 28.2. The molecule has 0 saturated heterocycles. The lowest BCUT2D eigenvalue weighted by Crippen LogP contribution is -2.42. The largest absolute Gasteiger partial charge is 0.466 e. The van der Waals surface area contributed by atoms with Gasteiger partial charge in [-0.05, 0) is 25.7 Å². The fourth-order valence-electron chi connectivity index (χ4n) is 4.72. The van der Waals surface area contributed by atoms with Gasteiger partial charge in [-0.2, -0.15) is 0 Å². The fraction of sp³-hybridized carbons (Fsp3) is 0.909. The van der Waals surface area contributed by atoms with Gasteiger partial charge >= 0.3 is 11.9 Å². The molecule has 0 bridgehead atoms. The second-order valence-corrected chi connectivity index (χ2v) is 11.2. The molecular formula is C33H63NO5. The summed E-state index contributed by atoms with van der Waals surface area (Å²) in [5.74, 6) is -0.946. The molecular weight excluding hydrogens is 490 g/mol. The van der Waals surface area contributed by atoms with Gasteiger partial charge in [0.1, 0.15) is 6.04 Å². The molecule has 1 atom stereocenters. The number of carbonyl (C=O) groups is 3. The molecule has 1 N–H and O–H groups in total. The van der Waals surface area contributed by atoms with Crippen molar-refractivity contribution in [3.63, 3.8) is 0 Å². The fourth-order valence-corrected chi connectivity index (χ4v) is 4.72. The van der Waals surface area contributed by atoms with E-state index in [0.717, 1.165) is 32.1 Å². The summed E-state index contributed by atoms with van der Waals surface area (Å²) in [6.45, 7) is 7.18. The van der Waals surface area contributed by atoms with Gasteiger partial charge in [0.15, 0.2) is 0 Å². The zero-order valence-corrected chi connectivity index (χ0v) is 26.0. The highest BCUT2D eigenvalue weighted by Crippen LogP contribution is 2.12. The first-order chi connectivity index (χ1) is 19.0. The molecule has 6 heteroatoms. The second-order valence-electron chi connectivity index (χ2n) is 11.2. The molecule has 0 heterocycles. The standard InChI is InChI=1S/C33H63NO5/c1-4-7-9-11-13-15-17-19-21-23-28-38-32(36)27-26-30(34-31(35)25-6-3)33(37)39-29-24-22-20-18-16-14-12-10-8-5-2/h30H,4-29H2,1-3H3,(H,34,35)/t30-/m0/s1. The van der Waals surface area contributed by atoms with Gasteiger partial charge < -0.3 is 14.8 Å². The summed E-state index contributed by atoms with van der Waals surface area (Å²) in [5, 5.41) is 2.75. The molecule has 39 heavy (non-hydrogen) atoms. The molecule has 0 spiro atoms. The van der Waals surface area contributed by atoms with Crippen LogP contribution in [0.1, 0.15) is 175 Å². The maximum atomic E-state index is 12.6. The van der Waals surface area contributed by atoms with Crippen LogP contribution in [0.25, 0.3) is 0 Å². The number of carbonyl (C=O) groups excluding carboxylic acids is 3. The van der Waals surface area contributed by atoms with Crippen molar-refractivity contribution in [2.45, 2.75) is 181 Å². The summed E-state index contributed by atoms with van der Waals surface area (Å²) in [4.78, 5) is 37.0. The van der Waals surface area contributed by atoms with Crippen LogP contribution in [-0.2, 0) is 23.9 Å². The van der Waals surface area contributed by atoms with Crippen LogP contribution in [0.5, 0.6) is 0 Å². The minimum absolute atomic E-state index is 0.0994. The molecule has 0 aromatic heterocycles. The Bertz CT molecular complexity index is 580. The zero-order valence-electron chi connectivity index (χ0n) is 26.0. The van der Waals surface area contributed by atoms with Gasteiger partial charge in [-0.15, -0.1) is 0 Å². The van der Waals surface area contributed by atoms with E-state index in [9.17, 15) is 14.4 Å². The molecule has 0 rings (SSSR count). The van der Waals surface area contributed by atoms with Crippen LogP contribution in [0.3, 0.4) is 0 Å². The van der Waals surface area contributed by atoms with Crippen molar-refractivity contribution in [3.05, 3.63) is 0 Å². The van der Waals surface area contributed by atoms with Crippen LogP contribution < -0.4 is 5.32 Å². The quantitative estimate of drug-likeness (QED) is 0.0738. The van der Waals surface area contributed by atoms with Crippen molar-refractivity contribution in [1.82, 2.24) is 5.32 Å². The molecule has 0 aliphatic carbocycles. The third-order valence-corrected chi connectivity index (χ3v) is 7.24. The van der Waals surface area contributed by atoms with Crippen LogP contribution in [0, 0.1) is 0 Å². The molecule has 0 radical (unpaired) electrons. The van der Waals surface area contributed by atoms with Gasteiger partial charge in [0.25, 0.3) is 0 Å². The van der Waals surface area contributed by atoms with E-state index in [1.807, 2.05) is 6.92 Å². The number of hydrogen-bond donors (Lipinski definition) is 1. The van der Waals surface area contributed by atoms with Crippen LogP contribution in [0.15, 0.2) is 0 Å². The number of hydrogen-bond acceptors (Lipinski definition) is 5. The highest BCUT2D eigenvalue weighted by molar-refractivity contribution is 5.84. The normalized spacial score (nSPS) is 11.8. The van der Waals surface area contributed by atoms with E-state index < -0.39 is 12.0 Å². The van der Waals surface area contributed by atoms with Gasteiger partial charge in [-0.1, -0.05) is 136 Å². The maximum absolute atomic E-state index is 12.6. The topological polar surface area (TPSA) is 81.7 Å². The minimum atomic E-state index is -0.794. The maximum Gasteiger partial charge on any atom is 0.328 e.